The summed E-state index contributed by atoms with van der Waals surface area (Å²) in [4.78, 5) is 41.1. The van der Waals surface area contributed by atoms with E-state index in [9.17, 15) is 14.4 Å². The molecule has 2 heterocycles. The average molecular weight is 374 g/mol. The Hall–Kier alpha value is -2.41. The summed E-state index contributed by atoms with van der Waals surface area (Å²) in [6, 6.07) is 6.94. The summed E-state index contributed by atoms with van der Waals surface area (Å²) in [5.74, 6) is -1.04. The topological polar surface area (TPSA) is 76.2 Å². The van der Waals surface area contributed by atoms with Crippen LogP contribution in [0.4, 0.5) is 0 Å². The Bertz CT molecular complexity index is 760. The number of esters is 2. The molecule has 0 N–H and O–H groups in total. The highest BCUT2D eigenvalue weighted by molar-refractivity contribution is 5.91. The first-order valence-electron chi connectivity index (χ1n) is 9.12. The predicted molar refractivity (Wildman–Crippen MR) is 97.5 cm³/mol. The second kappa shape index (κ2) is 7.31. The van der Waals surface area contributed by atoms with E-state index in [-0.39, 0.29) is 24.8 Å². The largest absolute Gasteiger partial charge is 0.469 e. The van der Waals surface area contributed by atoms with Gasteiger partial charge in [0.15, 0.2) is 0 Å². The van der Waals surface area contributed by atoms with Crippen LogP contribution in [0.2, 0.25) is 0 Å². The third-order valence-corrected chi connectivity index (χ3v) is 5.70. The molecular formula is C20H26N2O5. The molecule has 7 heteroatoms. The van der Waals surface area contributed by atoms with Crippen molar-refractivity contribution in [2.24, 2.45) is 0 Å². The van der Waals surface area contributed by atoms with Crippen LogP contribution >= 0.6 is 0 Å². The van der Waals surface area contributed by atoms with E-state index in [4.69, 9.17) is 4.74 Å². The second-order valence-electron chi connectivity index (χ2n) is 7.47. The van der Waals surface area contributed by atoms with Crippen LogP contribution in [0.3, 0.4) is 0 Å². The molecule has 1 amide bonds. The van der Waals surface area contributed by atoms with Gasteiger partial charge in [0.25, 0.3) is 0 Å². The Morgan fingerprint density at radius 3 is 2.48 bits per heavy atom. The van der Waals surface area contributed by atoms with E-state index >= 15 is 0 Å². The van der Waals surface area contributed by atoms with Gasteiger partial charge >= 0.3 is 11.9 Å². The number of hydrogen-bond donors (Lipinski definition) is 0. The third-order valence-electron chi connectivity index (χ3n) is 5.70. The molecule has 2 aliphatic heterocycles. The summed E-state index contributed by atoms with van der Waals surface area (Å²) < 4.78 is 9.63. The quantitative estimate of drug-likeness (QED) is 0.727. The lowest BCUT2D eigenvalue weighted by atomic mass is 9.94. The molecule has 0 saturated carbocycles. The predicted octanol–water partition coefficient (Wildman–Crippen LogP) is 1.49. The molecule has 1 aromatic carbocycles. The van der Waals surface area contributed by atoms with Crippen LogP contribution in [-0.4, -0.2) is 59.6 Å². The fourth-order valence-corrected chi connectivity index (χ4v) is 4.27. The van der Waals surface area contributed by atoms with Crippen LogP contribution in [-0.2, 0) is 36.8 Å². The number of ether oxygens (including phenoxy) is 2. The van der Waals surface area contributed by atoms with Crippen LogP contribution in [0.25, 0.3) is 0 Å². The van der Waals surface area contributed by atoms with Crippen molar-refractivity contribution >= 4 is 17.8 Å². The van der Waals surface area contributed by atoms with Gasteiger partial charge in [0.2, 0.25) is 5.91 Å². The van der Waals surface area contributed by atoms with Crippen LogP contribution < -0.4 is 0 Å². The average Bonchev–Trinajstić information content (AvgIpc) is 2.86. The van der Waals surface area contributed by atoms with Crippen molar-refractivity contribution < 1.29 is 23.9 Å². The molecule has 27 heavy (non-hydrogen) atoms. The highest BCUT2D eigenvalue weighted by atomic mass is 16.5. The first-order chi connectivity index (χ1) is 12.8. The maximum Gasteiger partial charge on any atom is 0.328 e. The molecule has 0 bridgehead atoms. The van der Waals surface area contributed by atoms with Gasteiger partial charge in [-0.3, -0.25) is 14.5 Å². The number of amides is 1. The SMILES string of the molecule is COC(=O)CC[C@@H](C(=O)OC)N1C(=O)[C@@H]2Cc3ccccc3CN2C1(C)C. The molecule has 2 aliphatic rings. The van der Waals surface area contributed by atoms with E-state index in [1.807, 2.05) is 32.0 Å². The zero-order chi connectivity index (χ0) is 19.8. The maximum absolute atomic E-state index is 13.3. The summed E-state index contributed by atoms with van der Waals surface area (Å²) in [6.07, 6.45) is 0.822. The van der Waals surface area contributed by atoms with Crippen molar-refractivity contribution in [2.45, 2.75) is 57.4 Å². The molecule has 3 rings (SSSR count). The van der Waals surface area contributed by atoms with E-state index < -0.39 is 23.6 Å². The number of carbonyl (C=O) groups is 3. The molecule has 2 atom stereocenters. The van der Waals surface area contributed by atoms with Crippen molar-refractivity contribution in [2.75, 3.05) is 14.2 Å². The Morgan fingerprint density at radius 1 is 1.19 bits per heavy atom. The number of rotatable bonds is 5. The van der Waals surface area contributed by atoms with Crippen molar-refractivity contribution in [1.29, 1.82) is 0 Å². The Morgan fingerprint density at radius 2 is 1.85 bits per heavy atom. The fourth-order valence-electron chi connectivity index (χ4n) is 4.27. The van der Waals surface area contributed by atoms with Gasteiger partial charge in [-0.2, -0.15) is 0 Å². The van der Waals surface area contributed by atoms with Crippen molar-refractivity contribution in [3.05, 3.63) is 35.4 Å². The van der Waals surface area contributed by atoms with E-state index in [1.165, 1.54) is 19.8 Å². The molecule has 146 valence electrons. The number of fused-ring (bicyclic) bond motifs is 2. The number of hydrogen-bond acceptors (Lipinski definition) is 6. The van der Waals surface area contributed by atoms with E-state index in [2.05, 4.69) is 15.7 Å². The van der Waals surface area contributed by atoms with Gasteiger partial charge in [0.1, 0.15) is 6.04 Å². The Labute approximate surface area is 159 Å². The van der Waals surface area contributed by atoms with Gasteiger partial charge in [-0.15, -0.1) is 0 Å². The fraction of sp³-hybridized carbons (Fsp3) is 0.550. The van der Waals surface area contributed by atoms with Gasteiger partial charge in [-0.05, 0) is 37.8 Å². The number of nitrogens with zero attached hydrogens (tertiary/aromatic N) is 2. The Balaban J connectivity index is 1.92. The summed E-state index contributed by atoms with van der Waals surface area (Å²) in [5.41, 5.74) is 1.68. The van der Waals surface area contributed by atoms with Crippen LogP contribution in [0.5, 0.6) is 0 Å². The highest BCUT2D eigenvalue weighted by Crippen LogP contribution is 2.40. The monoisotopic (exact) mass is 374 g/mol. The zero-order valence-corrected chi connectivity index (χ0v) is 16.2. The van der Waals surface area contributed by atoms with Crippen molar-refractivity contribution in [3.8, 4) is 0 Å². The molecule has 0 unspecified atom stereocenters. The molecule has 0 spiro atoms. The van der Waals surface area contributed by atoms with Crippen LogP contribution in [0, 0.1) is 0 Å². The van der Waals surface area contributed by atoms with Crippen molar-refractivity contribution in [3.63, 3.8) is 0 Å². The molecule has 1 aromatic rings. The standard InChI is InChI=1S/C20H26N2O5/c1-20(2)21-12-14-8-6-5-7-13(14)11-16(21)18(24)22(20)15(19(25)27-4)9-10-17(23)26-3/h5-8,15-16H,9-12H2,1-4H3/t15-,16-/m0/s1. The smallest absolute Gasteiger partial charge is 0.328 e. The van der Waals surface area contributed by atoms with E-state index in [0.29, 0.717) is 13.0 Å². The number of methoxy groups -OCH3 is 2. The highest BCUT2D eigenvalue weighted by Gasteiger charge is 2.56. The number of benzene rings is 1. The lowest BCUT2D eigenvalue weighted by molar-refractivity contribution is -0.157. The second-order valence-corrected chi connectivity index (χ2v) is 7.47. The Kier molecular flexibility index (Phi) is 5.24. The summed E-state index contributed by atoms with van der Waals surface area (Å²) in [7, 11) is 2.60. The van der Waals surface area contributed by atoms with Gasteiger partial charge in [0.05, 0.1) is 25.9 Å². The first kappa shape index (κ1) is 19.4. The van der Waals surface area contributed by atoms with Gasteiger partial charge in [0, 0.05) is 13.0 Å². The van der Waals surface area contributed by atoms with Gasteiger partial charge in [-0.25, -0.2) is 4.79 Å². The molecule has 0 aromatic heterocycles. The van der Waals surface area contributed by atoms with E-state index in [0.717, 1.165) is 5.56 Å². The molecular weight excluding hydrogens is 348 g/mol. The third kappa shape index (κ3) is 3.32. The maximum atomic E-state index is 13.3. The molecule has 0 radical (unpaired) electrons. The normalized spacial score (nSPS) is 22.0. The first-order valence-corrected chi connectivity index (χ1v) is 9.12. The van der Waals surface area contributed by atoms with E-state index in [1.54, 1.807) is 4.90 Å². The van der Waals surface area contributed by atoms with Crippen molar-refractivity contribution in [1.82, 2.24) is 9.80 Å². The zero-order valence-electron chi connectivity index (χ0n) is 16.2. The van der Waals surface area contributed by atoms with Gasteiger partial charge in [-0.1, -0.05) is 24.3 Å². The lowest BCUT2D eigenvalue weighted by Crippen LogP contribution is -2.56. The lowest BCUT2D eigenvalue weighted by Gasteiger charge is -2.42. The minimum atomic E-state index is -0.828. The summed E-state index contributed by atoms with van der Waals surface area (Å²) in [5, 5.41) is 0. The van der Waals surface area contributed by atoms with Crippen LogP contribution in [0.1, 0.15) is 37.8 Å². The molecule has 1 fully saturated rings. The van der Waals surface area contributed by atoms with Crippen LogP contribution in [0.15, 0.2) is 24.3 Å². The summed E-state index contributed by atoms with van der Waals surface area (Å²) >= 11 is 0. The minimum Gasteiger partial charge on any atom is -0.469 e. The molecule has 7 nitrogen and oxygen atoms in total. The number of carbonyl (C=O) groups excluding carboxylic acids is 3. The van der Waals surface area contributed by atoms with Gasteiger partial charge < -0.3 is 14.4 Å². The molecule has 1 saturated heterocycles. The minimum absolute atomic E-state index is 0.0427. The summed E-state index contributed by atoms with van der Waals surface area (Å²) in [6.45, 7) is 4.51. The molecule has 0 aliphatic carbocycles.